The minimum Gasteiger partial charge on any atom is -0.394 e. The Balaban J connectivity index is 2.58. The van der Waals surface area contributed by atoms with Crippen molar-refractivity contribution >= 4 is 5.91 Å². The smallest absolute Gasteiger partial charge is 0.224 e. The first-order valence-electron chi connectivity index (χ1n) is 6.28. The molecular weight excluding hydrogens is 232 g/mol. The molecule has 0 saturated heterocycles. The van der Waals surface area contributed by atoms with E-state index in [9.17, 15) is 4.79 Å². The summed E-state index contributed by atoms with van der Waals surface area (Å²) in [6, 6.07) is -0.448. The first-order valence-corrected chi connectivity index (χ1v) is 6.28. The van der Waals surface area contributed by atoms with E-state index in [-0.39, 0.29) is 12.5 Å². The van der Waals surface area contributed by atoms with Gasteiger partial charge in [0.25, 0.3) is 0 Å². The average Bonchev–Trinajstić information content (AvgIpc) is 2.85. The van der Waals surface area contributed by atoms with Gasteiger partial charge in [-0.15, -0.1) is 0 Å². The van der Waals surface area contributed by atoms with Crippen LogP contribution in [0.25, 0.3) is 0 Å². The summed E-state index contributed by atoms with van der Waals surface area (Å²) in [7, 11) is 0. The lowest BCUT2D eigenvalue weighted by atomic mass is 10.2. The molecule has 0 aromatic carbocycles. The Hall–Kier alpha value is -1.40. The van der Waals surface area contributed by atoms with Crippen molar-refractivity contribution in [3.05, 3.63) is 18.2 Å². The van der Waals surface area contributed by atoms with Gasteiger partial charge in [0, 0.05) is 32.3 Å². The molecule has 0 aliphatic carbocycles. The molecule has 0 aliphatic rings. The lowest BCUT2D eigenvalue weighted by molar-refractivity contribution is -0.131. The van der Waals surface area contributed by atoms with Gasteiger partial charge in [0.05, 0.1) is 24.7 Å². The molecule has 102 valence electrons. The Morgan fingerprint density at radius 2 is 2.22 bits per heavy atom. The van der Waals surface area contributed by atoms with E-state index >= 15 is 0 Å². The number of aliphatic hydroxyl groups is 1. The standard InChI is InChI=1S/C12H22N4O2/c1-3-15(4-2)12(18)5-6-16-9-14-7-11(16)10(13)8-17/h7,9-10,17H,3-6,8,13H2,1-2H3. The summed E-state index contributed by atoms with van der Waals surface area (Å²) in [6.45, 7) is 5.79. The minimum absolute atomic E-state index is 0.122. The maximum absolute atomic E-state index is 11.9. The molecule has 6 nitrogen and oxygen atoms in total. The number of hydrogen-bond donors (Lipinski definition) is 2. The molecule has 0 bridgehead atoms. The first-order chi connectivity index (χ1) is 8.63. The number of aliphatic hydroxyl groups excluding tert-OH is 1. The molecule has 0 spiro atoms. The van der Waals surface area contributed by atoms with Gasteiger partial charge in [-0.25, -0.2) is 4.98 Å². The number of nitrogens with two attached hydrogens (primary N) is 1. The number of aryl methyl sites for hydroxylation is 1. The molecule has 6 heteroatoms. The Morgan fingerprint density at radius 1 is 1.56 bits per heavy atom. The van der Waals surface area contributed by atoms with E-state index in [0.717, 1.165) is 18.8 Å². The number of nitrogens with zero attached hydrogens (tertiary/aromatic N) is 3. The van der Waals surface area contributed by atoms with Crippen LogP contribution in [0.15, 0.2) is 12.5 Å². The lowest BCUT2D eigenvalue weighted by Gasteiger charge is -2.19. The van der Waals surface area contributed by atoms with Crippen molar-refractivity contribution in [1.29, 1.82) is 0 Å². The van der Waals surface area contributed by atoms with Gasteiger partial charge in [0.15, 0.2) is 0 Å². The van der Waals surface area contributed by atoms with Crippen LogP contribution in [0.3, 0.4) is 0 Å². The summed E-state index contributed by atoms with van der Waals surface area (Å²) < 4.78 is 1.82. The zero-order valence-electron chi connectivity index (χ0n) is 11.0. The molecule has 1 heterocycles. The first kappa shape index (κ1) is 14.7. The van der Waals surface area contributed by atoms with Crippen molar-refractivity contribution in [3.63, 3.8) is 0 Å². The highest BCUT2D eigenvalue weighted by molar-refractivity contribution is 5.76. The van der Waals surface area contributed by atoms with Crippen LogP contribution in [0.2, 0.25) is 0 Å². The van der Waals surface area contributed by atoms with Gasteiger partial charge in [0.2, 0.25) is 5.91 Å². The Bertz CT molecular complexity index is 374. The van der Waals surface area contributed by atoms with E-state index in [1.165, 1.54) is 0 Å². The third kappa shape index (κ3) is 3.54. The van der Waals surface area contributed by atoms with Crippen LogP contribution in [-0.4, -0.2) is 45.2 Å². The number of carbonyl (C=O) groups is 1. The molecule has 0 aliphatic heterocycles. The molecule has 0 radical (unpaired) electrons. The minimum atomic E-state index is -0.448. The van der Waals surface area contributed by atoms with E-state index in [2.05, 4.69) is 4.98 Å². The van der Waals surface area contributed by atoms with Crippen LogP contribution in [-0.2, 0) is 11.3 Å². The number of hydrogen-bond acceptors (Lipinski definition) is 4. The van der Waals surface area contributed by atoms with E-state index in [1.54, 1.807) is 17.4 Å². The molecule has 0 saturated carbocycles. The van der Waals surface area contributed by atoms with Crippen LogP contribution in [0.4, 0.5) is 0 Å². The number of carbonyl (C=O) groups excluding carboxylic acids is 1. The van der Waals surface area contributed by atoms with Crippen molar-refractivity contribution in [2.24, 2.45) is 5.73 Å². The molecule has 1 aromatic rings. The Kier molecular flexibility index (Phi) is 5.80. The summed E-state index contributed by atoms with van der Waals surface area (Å²) in [5.74, 6) is 0.122. The van der Waals surface area contributed by atoms with E-state index in [4.69, 9.17) is 10.8 Å². The van der Waals surface area contributed by atoms with Crippen molar-refractivity contribution in [2.75, 3.05) is 19.7 Å². The monoisotopic (exact) mass is 254 g/mol. The SMILES string of the molecule is CCN(CC)C(=O)CCn1cncc1C(N)CO. The molecule has 18 heavy (non-hydrogen) atoms. The predicted molar refractivity (Wildman–Crippen MR) is 68.8 cm³/mol. The normalized spacial score (nSPS) is 12.4. The van der Waals surface area contributed by atoms with Crippen LogP contribution < -0.4 is 5.73 Å². The fraction of sp³-hybridized carbons (Fsp3) is 0.667. The zero-order chi connectivity index (χ0) is 13.5. The highest BCUT2D eigenvalue weighted by Gasteiger charge is 2.13. The van der Waals surface area contributed by atoms with Crippen LogP contribution >= 0.6 is 0 Å². The Labute approximate surface area is 107 Å². The number of rotatable bonds is 7. The fourth-order valence-corrected chi connectivity index (χ4v) is 1.87. The second-order valence-electron chi connectivity index (χ2n) is 4.12. The molecular formula is C12H22N4O2. The van der Waals surface area contributed by atoms with Crippen LogP contribution in [0.1, 0.15) is 32.0 Å². The van der Waals surface area contributed by atoms with Gasteiger partial charge >= 0.3 is 0 Å². The number of aromatic nitrogens is 2. The number of imidazole rings is 1. The average molecular weight is 254 g/mol. The Morgan fingerprint density at radius 3 is 2.78 bits per heavy atom. The molecule has 1 amide bonds. The van der Waals surface area contributed by atoms with E-state index < -0.39 is 6.04 Å². The molecule has 1 rings (SSSR count). The molecule has 0 fully saturated rings. The quantitative estimate of drug-likeness (QED) is 0.724. The molecule has 1 atom stereocenters. The van der Waals surface area contributed by atoms with Crippen LogP contribution in [0.5, 0.6) is 0 Å². The van der Waals surface area contributed by atoms with Gasteiger partial charge in [-0.1, -0.05) is 0 Å². The summed E-state index contributed by atoms with van der Waals surface area (Å²) >= 11 is 0. The maximum atomic E-state index is 11.9. The summed E-state index contributed by atoms with van der Waals surface area (Å²) in [5.41, 5.74) is 6.51. The van der Waals surface area contributed by atoms with Crippen LogP contribution in [0, 0.1) is 0 Å². The van der Waals surface area contributed by atoms with Gasteiger partial charge in [0.1, 0.15) is 0 Å². The number of amides is 1. The zero-order valence-corrected chi connectivity index (χ0v) is 11.0. The molecule has 1 aromatic heterocycles. The van der Waals surface area contributed by atoms with Crippen molar-refractivity contribution in [1.82, 2.24) is 14.5 Å². The highest BCUT2D eigenvalue weighted by Crippen LogP contribution is 2.10. The summed E-state index contributed by atoms with van der Waals surface area (Å²) in [6.07, 6.45) is 3.69. The fourth-order valence-electron chi connectivity index (χ4n) is 1.87. The van der Waals surface area contributed by atoms with E-state index in [1.807, 2.05) is 18.4 Å². The van der Waals surface area contributed by atoms with Crippen molar-refractivity contribution in [2.45, 2.75) is 32.9 Å². The van der Waals surface area contributed by atoms with Gasteiger partial charge in [-0.3, -0.25) is 4.79 Å². The van der Waals surface area contributed by atoms with E-state index in [0.29, 0.717) is 13.0 Å². The summed E-state index contributed by atoms with van der Waals surface area (Å²) in [4.78, 5) is 17.7. The van der Waals surface area contributed by atoms with Crippen molar-refractivity contribution in [3.8, 4) is 0 Å². The second kappa shape index (κ2) is 7.13. The second-order valence-corrected chi connectivity index (χ2v) is 4.12. The largest absolute Gasteiger partial charge is 0.394 e. The maximum Gasteiger partial charge on any atom is 0.224 e. The molecule has 1 unspecified atom stereocenters. The summed E-state index contributed by atoms with van der Waals surface area (Å²) in [5, 5.41) is 9.03. The topological polar surface area (TPSA) is 84.4 Å². The molecule has 3 N–H and O–H groups in total. The van der Waals surface area contributed by atoms with Gasteiger partial charge in [-0.05, 0) is 13.8 Å². The highest BCUT2D eigenvalue weighted by atomic mass is 16.3. The third-order valence-electron chi connectivity index (χ3n) is 3.00. The van der Waals surface area contributed by atoms with Crippen molar-refractivity contribution < 1.29 is 9.90 Å². The third-order valence-corrected chi connectivity index (χ3v) is 3.00. The van der Waals surface area contributed by atoms with Gasteiger partial charge in [-0.2, -0.15) is 0 Å². The lowest BCUT2D eigenvalue weighted by Crippen LogP contribution is -2.31. The predicted octanol–water partition coefficient (Wildman–Crippen LogP) is 0.134. The van der Waals surface area contributed by atoms with Gasteiger partial charge < -0.3 is 20.3 Å².